The molecule has 3 rings (SSSR count). The van der Waals surface area contributed by atoms with Gasteiger partial charge in [-0.2, -0.15) is 0 Å². The number of methoxy groups -OCH3 is 1. The number of nitrogens with two attached hydrogens (primary N) is 1. The maximum Gasteiger partial charge on any atom is 0.255 e. The van der Waals surface area contributed by atoms with E-state index in [4.69, 9.17) is 19.9 Å². The van der Waals surface area contributed by atoms with Gasteiger partial charge in [-0.25, -0.2) is 0 Å². The monoisotopic (exact) mass is 410 g/mol. The minimum Gasteiger partial charge on any atom is -0.493 e. The molecule has 0 aliphatic heterocycles. The Morgan fingerprint density at radius 1 is 1.10 bits per heavy atom. The first-order chi connectivity index (χ1) is 14.5. The van der Waals surface area contributed by atoms with E-state index in [1.54, 1.807) is 24.3 Å². The molecule has 0 spiro atoms. The maximum atomic E-state index is 12.4. The smallest absolute Gasteiger partial charge is 0.255 e. The molecule has 1 saturated carbocycles. The summed E-state index contributed by atoms with van der Waals surface area (Å²) < 4.78 is 16.6. The summed E-state index contributed by atoms with van der Waals surface area (Å²) in [5, 5.41) is 2.87. The van der Waals surface area contributed by atoms with Crippen molar-refractivity contribution in [3.05, 3.63) is 54.1 Å². The predicted octanol–water partition coefficient (Wildman–Crippen LogP) is 3.53. The SMILES string of the molecule is COc1cc(C=CC(=O)Nc2ccccc2OC2CCCC2)ccc1OCC(N)=O. The van der Waals surface area contributed by atoms with Gasteiger partial charge in [0.05, 0.1) is 18.9 Å². The molecule has 2 aromatic carbocycles. The van der Waals surface area contributed by atoms with Gasteiger partial charge in [-0.05, 0) is 61.6 Å². The topological polar surface area (TPSA) is 99.9 Å². The van der Waals surface area contributed by atoms with Gasteiger partial charge in [-0.3, -0.25) is 9.59 Å². The van der Waals surface area contributed by atoms with Crippen LogP contribution in [0.15, 0.2) is 48.5 Å². The van der Waals surface area contributed by atoms with E-state index in [0.29, 0.717) is 22.9 Å². The van der Waals surface area contributed by atoms with Crippen molar-refractivity contribution in [1.29, 1.82) is 0 Å². The van der Waals surface area contributed by atoms with Gasteiger partial charge in [0.1, 0.15) is 5.75 Å². The molecular formula is C23H26N2O5. The van der Waals surface area contributed by atoms with Crippen molar-refractivity contribution in [3.63, 3.8) is 0 Å². The maximum absolute atomic E-state index is 12.4. The van der Waals surface area contributed by atoms with Crippen molar-refractivity contribution in [2.75, 3.05) is 19.0 Å². The first-order valence-corrected chi connectivity index (χ1v) is 9.89. The van der Waals surface area contributed by atoms with Gasteiger partial charge in [0.2, 0.25) is 5.91 Å². The zero-order valence-electron chi connectivity index (χ0n) is 16.9. The molecule has 7 heteroatoms. The van der Waals surface area contributed by atoms with E-state index >= 15 is 0 Å². The molecule has 0 unspecified atom stereocenters. The Kier molecular flexibility index (Phi) is 7.32. The molecule has 0 aromatic heterocycles. The van der Waals surface area contributed by atoms with Gasteiger partial charge in [0, 0.05) is 6.08 Å². The Balaban J connectivity index is 1.64. The van der Waals surface area contributed by atoms with Crippen molar-refractivity contribution >= 4 is 23.6 Å². The first-order valence-electron chi connectivity index (χ1n) is 9.89. The van der Waals surface area contributed by atoms with E-state index in [0.717, 1.165) is 18.4 Å². The summed E-state index contributed by atoms with van der Waals surface area (Å²) in [7, 11) is 1.49. The van der Waals surface area contributed by atoms with Crippen molar-refractivity contribution < 1.29 is 23.8 Å². The number of primary amides is 1. The highest BCUT2D eigenvalue weighted by atomic mass is 16.5. The van der Waals surface area contributed by atoms with Crippen LogP contribution in [0.2, 0.25) is 0 Å². The number of para-hydroxylation sites is 2. The van der Waals surface area contributed by atoms with Crippen LogP contribution in [0.3, 0.4) is 0 Å². The molecule has 158 valence electrons. The largest absolute Gasteiger partial charge is 0.493 e. The standard InChI is InChI=1S/C23H26N2O5/c1-28-21-14-16(10-12-20(21)29-15-22(24)26)11-13-23(27)25-18-8-4-5-9-19(18)30-17-6-2-3-7-17/h4-5,8-14,17H,2-3,6-7,15H2,1H3,(H2,24,26)(H,25,27). The van der Waals surface area contributed by atoms with E-state index in [1.807, 2.05) is 24.3 Å². The summed E-state index contributed by atoms with van der Waals surface area (Å²) in [4.78, 5) is 23.3. The van der Waals surface area contributed by atoms with Crippen LogP contribution in [0.4, 0.5) is 5.69 Å². The van der Waals surface area contributed by atoms with Crippen LogP contribution in [0.1, 0.15) is 31.2 Å². The summed E-state index contributed by atoms with van der Waals surface area (Å²) in [6, 6.07) is 12.6. The third-order valence-corrected chi connectivity index (χ3v) is 4.73. The highest BCUT2D eigenvalue weighted by Gasteiger charge is 2.18. The molecular weight excluding hydrogens is 384 g/mol. The number of anilines is 1. The van der Waals surface area contributed by atoms with Crippen molar-refractivity contribution in [2.24, 2.45) is 5.73 Å². The Morgan fingerprint density at radius 3 is 2.60 bits per heavy atom. The van der Waals surface area contributed by atoms with Gasteiger partial charge in [0.15, 0.2) is 18.1 Å². The molecule has 0 heterocycles. The molecule has 0 radical (unpaired) electrons. The molecule has 0 atom stereocenters. The van der Waals surface area contributed by atoms with Crippen LogP contribution < -0.4 is 25.3 Å². The third-order valence-electron chi connectivity index (χ3n) is 4.73. The Morgan fingerprint density at radius 2 is 1.87 bits per heavy atom. The number of rotatable bonds is 9. The number of carbonyl (C=O) groups excluding carboxylic acids is 2. The minimum absolute atomic E-state index is 0.210. The molecule has 2 amide bonds. The number of nitrogens with one attached hydrogen (secondary N) is 1. The number of carbonyl (C=O) groups is 2. The average molecular weight is 410 g/mol. The molecule has 30 heavy (non-hydrogen) atoms. The predicted molar refractivity (Wildman–Crippen MR) is 115 cm³/mol. The fourth-order valence-electron chi connectivity index (χ4n) is 3.26. The van der Waals surface area contributed by atoms with Crippen LogP contribution >= 0.6 is 0 Å². The molecule has 1 aliphatic carbocycles. The molecule has 7 nitrogen and oxygen atoms in total. The number of benzene rings is 2. The Hall–Kier alpha value is -3.48. The first kappa shape index (κ1) is 21.2. The summed E-state index contributed by atoms with van der Waals surface area (Å²) in [6.07, 6.45) is 7.75. The quantitative estimate of drug-likeness (QED) is 0.616. The summed E-state index contributed by atoms with van der Waals surface area (Å²) in [6.45, 7) is -0.240. The highest BCUT2D eigenvalue weighted by molar-refractivity contribution is 6.02. The summed E-state index contributed by atoms with van der Waals surface area (Å²) in [5.74, 6) is 0.675. The van der Waals surface area contributed by atoms with E-state index in [2.05, 4.69) is 5.32 Å². The molecule has 3 N–H and O–H groups in total. The second kappa shape index (κ2) is 10.3. The summed E-state index contributed by atoms with van der Waals surface area (Å²) in [5.41, 5.74) is 6.48. The zero-order chi connectivity index (χ0) is 21.3. The number of amides is 2. The van der Waals surface area contributed by atoms with Crippen molar-refractivity contribution in [3.8, 4) is 17.2 Å². The second-order valence-corrected chi connectivity index (χ2v) is 7.01. The van der Waals surface area contributed by atoms with Crippen LogP contribution in [-0.4, -0.2) is 31.6 Å². The normalized spacial score (nSPS) is 13.9. The Labute approximate surface area is 175 Å². The molecule has 0 bridgehead atoms. The minimum atomic E-state index is -0.574. The number of hydrogen-bond donors (Lipinski definition) is 2. The lowest BCUT2D eigenvalue weighted by atomic mass is 10.2. The molecule has 2 aromatic rings. The lowest BCUT2D eigenvalue weighted by Gasteiger charge is -2.16. The number of ether oxygens (including phenoxy) is 3. The average Bonchev–Trinajstić information content (AvgIpc) is 3.25. The van der Waals surface area contributed by atoms with Crippen LogP contribution in [0.5, 0.6) is 17.2 Å². The van der Waals surface area contributed by atoms with Gasteiger partial charge < -0.3 is 25.3 Å². The van der Waals surface area contributed by atoms with E-state index < -0.39 is 5.91 Å². The molecule has 1 fully saturated rings. The van der Waals surface area contributed by atoms with Crippen molar-refractivity contribution in [2.45, 2.75) is 31.8 Å². The van der Waals surface area contributed by atoms with Crippen LogP contribution in [0, 0.1) is 0 Å². The van der Waals surface area contributed by atoms with Crippen LogP contribution in [-0.2, 0) is 9.59 Å². The lowest BCUT2D eigenvalue weighted by Crippen LogP contribution is -2.20. The molecule has 0 saturated heterocycles. The lowest BCUT2D eigenvalue weighted by molar-refractivity contribution is -0.120. The van der Waals surface area contributed by atoms with Gasteiger partial charge in [-0.1, -0.05) is 18.2 Å². The molecule has 1 aliphatic rings. The van der Waals surface area contributed by atoms with E-state index in [-0.39, 0.29) is 18.6 Å². The Bertz CT molecular complexity index is 920. The van der Waals surface area contributed by atoms with E-state index in [1.165, 1.54) is 26.0 Å². The number of hydrogen-bond acceptors (Lipinski definition) is 5. The van der Waals surface area contributed by atoms with Gasteiger partial charge >= 0.3 is 0 Å². The van der Waals surface area contributed by atoms with Crippen LogP contribution in [0.25, 0.3) is 6.08 Å². The fraction of sp³-hybridized carbons (Fsp3) is 0.304. The summed E-state index contributed by atoms with van der Waals surface area (Å²) >= 11 is 0. The van der Waals surface area contributed by atoms with E-state index in [9.17, 15) is 9.59 Å². The third kappa shape index (κ3) is 6.01. The zero-order valence-corrected chi connectivity index (χ0v) is 16.9. The van der Waals surface area contributed by atoms with Gasteiger partial charge in [-0.15, -0.1) is 0 Å². The van der Waals surface area contributed by atoms with Crippen molar-refractivity contribution in [1.82, 2.24) is 0 Å². The second-order valence-electron chi connectivity index (χ2n) is 7.01. The fourth-order valence-corrected chi connectivity index (χ4v) is 3.26. The van der Waals surface area contributed by atoms with Gasteiger partial charge in [0.25, 0.3) is 5.91 Å². The highest BCUT2D eigenvalue weighted by Crippen LogP contribution is 2.30.